The van der Waals surface area contributed by atoms with Gasteiger partial charge < -0.3 is 15.3 Å². The number of carboxylic acids is 1. The number of hydrogen-bond donors (Lipinski definition) is 2. The number of carbonyl (C=O) groups is 2. The summed E-state index contributed by atoms with van der Waals surface area (Å²) in [6, 6.07) is -0.128. The van der Waals surface area contributed by atoms with Crippen LogP contribution in [0.1, 0.15) is 39.5 Å². The molecule has 1 atom stereocenters. The number of urea groups is 1. The van der Waals surface area contributed by atoms with Crippen molar-refractivity contribution in [2.45, 2.75) is 44.3 Å². The van der Waals surface area contributed by atoms with E-state index in [0.717, 1.165) is 19.3 Å². The van der Waals surface area contributed by atoms with E-state index in [1.807, 2.05) is 0 Å². The van der Waals surface area contributed by atoms with Crippen molar-refractivity contribution < 1.29 is 14.7 Å². The number of carbonyl (C=O) groups excluding carboxylic acids is 1. The summed E-state index contributed by atoms with van der Waals surface area (Å²) in [5, 5.41) is 12.0. The highest BCUT2D eigenvalue weighted by molar-refractivity contribution is 8.00. The van der Waals surface area contributed by atoms with Gasteiger partial charge in [-0.25, -0.2) is 4.79 Å². The maximum Gasteiger partial charge on any atom is 0.317 e. The summed E-state index contributed by atoms with van der Waals surface area (Å²) in [6.45, 7) is 5.88. The van der Waals surface area contributed by atoms with E-state index in [-0.39, 0.29) is 10.8 Å². The molecular formula is C14H26N2O3S. The molecule has 2 N–H and O–H groups in total. The maximum atomic E-state index is 12.2. The zero-order valence-corrected chi connectivity index (χ0v) is 13.5. The number of thioether (sulfide) groups is 1. The summed E-state index contributed by atoms with van der Waals surface area (Å²) < 4.78 is 0.0810. The molecular weight excluding hydrogens is 276 g/mol. The first-order chi connectivity index (χ1) is 9.48. The molecule has 0 aromatic carbocycles. The number of likely N-dealkylation sites (tertiary alicyclic amines) is 1. The minimum absolute atomic E-state index is 0.0810. The normalized spacial score (nSPS) is 19.8. The number of amides is 2. The van der Waals surface area contributed by atoms with Crippen molar-refractivity contribution in [2.24, 2.45) is 5.92 Å². The number of nitrogens with one attached hydrogen (secondary N) is 1. The van der Waals surface area contributed by atoms with Crippen molar-refractivity contribution in [2.75, 3.05) is 25.9 Å². The van der Waals surface area contributed by atoms with E-state index in [1.165, 1.54) is 0 Å². The van der Waals surface area contributed by atoms with E-state index in [4.69, 9.17) is 5.11 Å². The molecule has 0 aromatic rings. The fraction of sp³-hybridized carbons (Fsp3) is 0.857. The van der Waals surface area contributed by atoms with Crippen molar-refractivity contribution in [1.82, 2.24) is 10.2 Å². The molecule has 0 saturated carbocycles. The first kappa shape index (κ1) is 17.1. The van der Waals surface area contributed by atoms with E-state index >= 15 is 0 Å². The average molecular weight is 302 g/mol. The van der Waals surface area contributed by atoms with E-state index in [1.54, 1.807) is 16.7 Å². The highest BCUT2D eigenvalue weighted by Gasteiger charge is 2.30. The molecule has 0 aromatic heterocycles. The zero-order valence-electron chi connectivity index (χ0n) is 12.6. The molecule has 5 nitrogen and oxygen atoms in total. The highest BCUT2D eigenvalue weighted by Crippen LogP contribution is 2.29. The van der Waals surface area contributed by atoms with Crippen LogP contribution in [0.5, 0.6) is 0 Å². The molecule has 0 bridgehead atoms. The van der Waals surface area contributed by atoms with Gasteiger partial charge in [-0.15, -0.1) is 0 Å². The molecule has 0 unspecified atom stereocenters. The minimum Gasteiger partial charge on any atom is -0.481 e. The van der Waals surface area contributed by atoms with Crippen LogP contribution < -0.4 is 5.32 Å². The van der Waals surface area contributed by atoms with Crippen LogP contribution >= 0.6 is 11.8 Å². The third-order valence-corrected chi connectivity index (χ3v) is 5.93. The molecule has 1 aliphatic rings. The number of rotatable bonds is 6. The molecule has 1 aliphatic heterocycles. The summed E-state index contributed by atoms with van der Waals surface area (Å²) in [4.78, 5) is 24.8. The second-order valence-electron chi connectivity index (χ2n) is 5.38. The average Bonchev–Trinajstić information content (AvgIpc) is 2.49. The molecule has 0 spiro atoms. The Labute approximate surface area is 125 Å². The molecule has 2 amide bonds. The van der Waals surface area contributed by atoms with Crippen LogP contribution in [0.25, 0.3) is 0 Å². The maximum absolute atomic E-state index is 12.2. The Morgan fingerprint density at radius 1 is 1.40 bits per heavy atom. The largest absolute Gasteiger partial charge is 0.481 e. The van der Waals surface area contributed by atoms with Gasteiger partial charge in [-0.1, -0.05) is 13.8 Å². The number of carboxylic acid groups (broad SMARTS) is 1. The fourth-order valence-electron chi connectivity index (χ4n) is 2.57. The van der Waals surface area contributed by atoms with Crippen LogP contribution in [0.15, 0.2) is 0 Å². The molecule has 116 valence electrons. The highest BCUT2D eigenvalue weighted by atomic mass is 32.2. The number of hydrogen-bond acceptors (Lipinski definition) is 3. The topological polar surface area (TPSA) is 69.6 Å². The van der Waals surface area contributed by atoms with Crippen LogP contribution in [0.2, 0.25) is 0 Å². The lowest BCUT2D eigenvalue weighted by Gasteiger charge is -2.34. The van der Waals surface area contributed by atoms with E-state index in [0.29, 0.717) is 26.1 Å². The van der Waals surface area contributed by atoms with Crippen LogP contribution in [0, 0.1) is 5.92 Å². The van der Waals surface area contributed by atoms with Gasteiger partial charge in [-0.05, 0) is 31.9 Å². The first-order valence-electron chi connectivity index (χ1n) is 7.28. The molecule has 6 heteroatoms. The Bertz CT molecular complexity index is 337. The van der Waals surface area contributed by atoms with E-state index < -0.39 is 11.9 Å². The first-order valence-corrected chi connectivity index (χ1v) is 8.51. The van der Waals surface area contributed by atoms with Gasteiger partial charge in [0, 0.05) is 24.4 Å². The fourth-order valence-corrected chi connectivity index (χ4v) is 3.37. The van der Waals surface area contributed by atoms with Gasteiger partial charge in [0.15, 0.2) is 0 Å². The number of piperidine rings is 1. The summed E-state index contributed by atoms with van der Waals surface area (Å²) in [5.41, 5.74) is 0. The second-order valence-corrected chi connectivity index (χ2v) is 6.65. The van der Waals surface area contributed by atoms with Gasteiger partial charge in [-0.2, -0.15) is 11.8 Å². The summed E-state index contributed by atoms with van der Waals surface area (Å²) in [7, 11) is 0. The summed E-state index contributed by atoms with van der Waals surface area (Å²) in [5.74, 6) is -1.22. The minimum atomic E-state index is -0.803. The predicted octanol–water partition coefficient (Wildman–Crippen LogP) is 2.41. The monoisotopic (exact) mass is 302 g/mol. The van der Waals surface area contributed by atoms with Gasteiger partial charge in [0.05, 0.1) is 5.92 Å². The molecule has 1 fully saturated rings. The molecule has 20 heavy (non-hydrogen) atoms. The Hall–Kier alpha value is -0.910. The van der Waals surface area contributed by atoms with Crippen LogP contribution in [-0.4, -0.2) is 52.6 Å². The van der Waals surface area contributed by atoms with Gasteiger partial charge >= 0.3 is 12.0 Å². The van der Waals surface area contributed by atoms with Gasteiger partial charge in [-0.3, -0.25) is 4.79 Å². The third kappa shape index (κ3) is 4.30. The number of aliphatic carboxylic acids is 1. The second kappa shape index (κ2) is 7.76. The molecule has 1 heterocycles. The predicted molar refractivity (Wildman–Crippen MR) is 82.2 cm³/mol. The molecule has 0 radical (unpaired) electrons. The van der Waals surface area contributed by atoms with Crippen LogP contribution in [0.3, 0.4) is 0 Å². The standard InChI is InChI=1S/C14H26N2O3S/c1-4-14(5-2,20-3)10-15-13(19)16-8-6-7-11(9-16)12(17)18/h11H,4-10H2,1-3H3,(H,15,19)(H,17,18)/t11-/m1/s1. The lowest BCUT2D eigenvalue weighted by molar-refractivity contribution is -0.143. The Morgan fingerprint density at radius 2 is 2.05 bits per heavy atom. The summed E-state index contributed by atoms with van der Waals surface area (Å²) in [6.07, 6.45) is 5.50. The van der Waals surface area contributed by atoms with Crippen LogP contribution in [0.4, 0.5) is 4.79 Å². The van der Waals surface area contributed by atoms with Crippen molar-refractivity contribution in [1.29, 1.82) is 0 Å². The van der Waals surface area contributed by atoms with Gasteiger partial charge in [0.25, 0.3) is 0 Å². The van der Waals surface area contributed by atoms with Gasteiger partial charge in [0.2, 0.25) is 0 Å². The van der Waals surface area contributed by atoms with Crippen molar-refractivity contribution in [3.8, 4) is 0 Å². The molecule has 1 rings (SSSR count). The SMILES string of the molecule is CCC(CC)(CNC(=O)N1CCC[C@@H](C(=O)O)C1)SC. The van der Waals surface area contributed by atoms with Crippen LogP contribution in [-0.2, 0) is 4.79 Å². The Balaban J connectivity index is 2.52. The molecule has 0 aliphatic carbocycles. The lowest BCUT2D eigenvalue weighted by Crippen LogP contribution is -2.50. The molecule has 1 saturated heterocycles. The summed E-state index contributed by atoms with van der Waals surface area (Å²) >= 11 is 1.78. The quantitative estimate of drug-likeness (QED) is 0.790. The van der Waals surface area contributed by atoms with Crippen molar-refractivity contribution >= 4 is 23.8 Å². The number of nitrogens with zero attached hydrogens (tertiary/aromatic N) is 1. The smallest absolute Gasteiger partial charge is 0.317 e. The Morgan fingerprint density at radius 3 is 2.55 bits per heavy atom. The zero-order chi connectivity index (χ0) is 15.2. The van der Waals surface area contributed by atoms with E-state index in [9.17, 15) is 9.59 Å². The van der Waals surface area contributed by atoms with Crippen molar-refractivity contribution in [3.63, 3.8) is 0 Å². The lowest BCUT2D eigenvalue weighted by atomic mass is 9.98. The third-order valence-electron chi connectivity index (χ3n) is 4.34. The van der Waals surface area contributed by atoms with E-state index in [2.05, 4.69) is 25.4 Å². The van der Waals surface area contributed by atoms with Gasteiger partial charge in [0.1, 0.15) is 0 Å². The Kier molecular flexibility index (Phi) is 6.65. The van der Waals surface area contributed by atoms with Crippen molar-refractivity contribution in [3.05, 3.63) is 0 Å².